The summed E-state index contributed by atoms with van der Waals surface area (Å²) in [4.78, 5) is 0. The van der Waals surface area contributed by atoms with Gasteiger partial charge in [0.25, 0.3) is 0 Å². The van der Waals surface area contributed by atoms with Gasteiger partial charge in [-0.05, 0) is 38.0 Å². The molecule has 2 rings (SSSR count). The lowest BCUT2D eigenvalue weighted by atomic mass is 10.3. The van der Waals surface area contributed by atoms with Crippen LogP contribution in [0.25, 0.3) is 0 Å². The van der Waals surface area contributed by atoms with E-state index in [1.807, 2.05) is 18.2 Å². The Morgan fingerprint density at radius 3 is 2.41 bits per heavy atom. The number of nitrogens with zero attached hydrogens (tertiary/aromatic N) is 2. The van der Waals surface area contributed by atoms with Crippen molar-refractivity contribution in [2.45, 2.75) is 19.8 Å². The third kappa shape index (κ3) is 4.22. The van der Waals surface area contributed by atoms with Crippen LogP contribution in [0, 0.1) is 0 Å². The highest BCUT2D eigenvalue weighted by molar-refractivity contribution is 6.30. The first-order chi connectivity index (χ1) is 7.31. The smallest absolute Gasteiger partial charge is 0.0536 e. The molecule has 2 nitrogen and oxygen atoms in total. The summed E-state index contributed by atoms with van der Waals surface area (Å²) in [7, 11) is 0. The lowest BCUT2D eigenvalue weighted by Gasteiger charge is -2.32. The Bertz CT molecular complexity index is 327. The molecule has 0 saturated carbocycles. The van der Waals surface area contributed by atoms with Gasteiger partial charge >= 0.3 is 0 Å². The zero-order valence-corrected chi connectivity index (χ0v) is 12.3. The van der Waals surface area contributed by atoms with Gasteiger partial charge in [0.2, 0.25) is 0 Å². The van der Waals surface area contributed by atoms with Crippen LogP contribution >= 0.6 is 36.4 Å². The molecule has 0 aromatic heterocycles. The Hall–Kier alpha value is -0.150. The SMILES string of the molecule is CCN(c1cccc(Cl)c1)N1CCCC1.Cl.Cl. The van der Waals surface area contributed by atoms with E-state index >= 15 is 0 Å². The summed E-state index contributed by atoms with van der Waals surface area (Å²) < 4.78 is 0. The van der Waals surface area contributed by atoms with Gasteiger partial charge in [0.05, 0.1) is 5.69 Å². The summed E-state index contributed by atoms with van der Waals surface area (Å²) in [5.41, 5.74) is 1.20. The van der Waals surface area contributed by atoms with Crippen molar-refractivity contribution in [3.05, 3.63) is 29.3 Å². The normalized spacial score (nSPS) is 14.9. The van der Waals surface area contributed by atoms with Crippen molar-refractivity contribution in [3.63, 3.8) is 0 Å². The molecule has 0 radical (unpaired) electrons. The molecule has 98 valence electrons. The molecule has 0 spiro atoms. The average Bonchev–Trinajstić information content (AvgIpc) is 2.72. The fraction of sp³-hybridized carbons (Fsp3) is 0.500. The van der Waals surface area contributed by atoms with Crippen molar-refractivity contribution < 1.29 is 0 Å². The average molecular weight is 298 g/mol. The zero-order chi connectivity index (χ0) is 10.7. The van der Waals surface area contributed by atoms with Crippen molar-refractivity contribution in [1.29, 1.82) is 0 Å². The van der Waals surface area contributed by atoms with E-state index < -0.39 is 0 Å². The molecule has 17 heavy (non-hydrogen) atoms. The Morgan fingerprint density at radius 2 is 1.88 bits per heavy atom. The Kier molecular flexibility index (Phi) is 7.97. The monoisotopic (exact) mass is 296 g/mol. The second-order valence-electron chi connectivity index (χ2n) is 3.86. The van der Waals surface area contributed by atoms with Crippen molar-refractivity contribution in [2.24, 2.45) is 0 Å². The second kappa shape index (κ2) is 8.04. The summed E-state index contributed by atoms with van der Waals surface area (Å²) in [5, 5.41) is 5.54. The lowest BCUT2D eigenvalue weighted by Crippen LogP contribution is -2.40. The van der Waals surface area contributed by atoms with Crippen LogP contribution in [0.4, 0.5) is 5.69 Å². The molecule has 0 amide bonds. The van der Waals surface area contributed by atoms with Gasteiger partial charge in [0.1, 0.15) is 0 Å². The maximum absolute atomic E-state index is 6.01. The Morgan fingerprint density at radius 1 is 1.24 bits per heavy atom. The van der Waals surface area contributed by atoms with E-state index in [2.05, 4.69) is 23.0 Å². The number of rotatable bonds is 3. The van der Waals surface area contributed by atoms with Crippen LogP contribution in [-0.4, -0.2) is 24.6 Å². The van der Waals surface area contributed by atoms with Crippen molar-refractivity contribution in [3.8, 4) is 0 Å². The highest BCUT2D eigenvalue weighted by Gasteiger charge is 2.18. The molecule has 1 saturated heterocycles. The lowest BCUT2D eigenvalue weighted by molar-refractivity contribution is 0.312. The Balaban J connectivity index is 0.00000128. The molecule has 0 N–H and O–H groups in total. The van der Waals surface area contributed by atoms with E-state index in [0.29, 0.717) is 0 Å². The predicted molar refractivity (Wildman–Crippen MR) is 79.8 cm³/mol. The maximum Gasteiger partial charge on any atom is 0.0536 e. The fourth-order valence-corrected chi connectivity index (χ4v) is 2.31. The quantitative estimate of drug-likeness (QED) is 0.831. The van der Waals surface area contributed by atoms with Gasteiger partial charge in [-0.2, -0.15) is 0 Å². The third-order valence-electron chi connectivity index (χ3n) is 2.83. The van der Waals surface area contributed by atoms with E-state index in [1.54, 1.807) is 0 Å². The number of hydrazine groups is 1. The number of anilines is 1. The van der Waals surface area contributed by atoms with Gasteiger partial charge in [-0.1, -0.05) is 17.7 Å². The highest BCUT2D eigenvalue weighted by Crippen LogP contribution is 2.23. The van der Waals surface area contributed by atoms with Gasteiger partial charge in [-0.15, -0.1) is 24.8 Å². The summed E-state index contributed by atoms with van der Waals surface area (Å²) in [6, 6.07) is 8.08. The summed E-state index contributed by atoms with van der Waals surface area (Å²) >= 11 is 6.01. The Labute approximate surface area is 121 Å². The van der Waals surface area contributed by atoms with Gasteiger partial charge in [0, 0.05) is 24.7 Å². The van der Waals surface area contributed by atoms with Crippen LogP contribution < -0.4 is 5.01 Å². The summed E-state index contributed by atoms with van der Waals surface area (Å²) in [6.07, 6.45) is 2.61. The summed E-state index contributed by atoms with van der Waals surface area (Å²) in [5.74, 6) is 0. The second-order valence-corrected chi connectivity index (χ2v) is 4.29. The predicted octanol–water partition coefficient (Wildman–Crippen LogP) is 4.02. The number of halogens is 3. The van der Waals surface area contributed by atoms with Crippen LogP contribution in [0.3, 0.4) is 0 Å². The highest BCUT2D eigenvalue weighted by atomic mass is 35.5. The fourth-order valence-electron chi connectivity index (χ4n) is 2.12. The number of hydrogen-bond donors (Lipinski definition) is 0. The molecular weight excluding hydrogens is 279 g/mol. The van der Waals surface area contributed by atoms with Crippen LogP contribution in [0.15, 0.2) is 24.3 Å². The molecular formula is C12H19Cl3N2. The van der Waals surface area contributed by atoms with E-state index in [0.717, 1.165) is 11.6 Å². The molecule has 1 aliphatic rings. The van der Waals surface area contributed by atoms with E-state index in [9.17, 15) is 0 Å². The molecule has 0 bridgehead atoms. The van der Waals surface area contributed by atoms with Crippen LogP contribution in [0.2, 0.25) is 5.02 Å². The van der Waals surface area contributed by atoms with Crippen molar-refractivity contribution in [1.82, 2.24) is 5.01 Å². The van der Waals surface area contributed by atoms with Crippen LogP contribution in [0.1, 0.15) is 19.8 Å². The van der Waals surface area contributed by atoms with Gasteiger partial charge in [-0.3, -0.25) is 0 Å². The van der Waals surface area contributed by atoms with Gasteiger partial charge in [0.15, 0.2) is 0 Å². The first-order valence-corrected chi connectivity index (χ1v) is 5.97. The molecule has 0 unspecified atom stereocenters. The minimum Gasteiger partial charge on any atom is -0.306 e. The summed E-state index contributed by atoms with van der Waals surface area (Å²) in [6.45, 7) is 5.51. The first-order valence-electron chi connectivity index (χ1n) is 5.59. The van der Waals surface area contributed by atoms with Gasteiger partial charge < -0.3 is 5.01 Å². The molecule has 0 atom stereocenters. The molecule has 0 aliphatic carbocycles. The van der Waals surface area contributed by atoms with E-state index in [1.165, 1.54) is 31.6 Å². The third-order valence-corrected chi connectivity index (χ3v) is 3.06. The molecule has 1 aromatic rings. The molecule has 1 heterocycles. The number of hydrogen-bond acceptors (Lipinski definition) is 2. The zero-order valence-electron chi connectivity index (χ0n) is 9.93. The molecule has 1 fully saturated rings. The van der Waals surface area contributed by atoms with Crippen LogP contribution in [-0.2, 0) is 0 Å². The van der Waals surface area contributed by atoms with Crippen LogP contribution in [0.5, 0.6) is 0 Å². The number of benzene rings is 1. The maximum atomic E-state index is 6.01. The first kappa shape index (κ1) is 16.9. The van der Waals surface area contributed by atoms with Gasteiger partial charge in [-0.25, -0.2) is 5.01 Å². The standard InChI is InChI=1S/C12H17ClN2.2ClH/c1-2-15(14-8-3-4-9-14)12-7-5-6-11(13)10-12;;/h5-7,10H,2-4,8-9H2,1H3;2*1H. The largest absolute Gasteiger partial charge is 0.306 e. The minimum atomic E-state index is 0. The molecule has 5 heteroatoms. The van der Waals surface area contributed by atoms with E-state index in [-0.39, 0.29) is 24.8 Å². The molecule has 1 aliphatic heterocycles. The minimum absolute atomic E-state index is 0. The molecule has 1 aromatic carbocycles. The van der Waals surface area contributed by atoms with Crippen molar-refractivity contribution >= 4 is 42.1 Å². The van der Waals surface area contributed by atoms with Crippen molar-refractivity contribution in [2.75, 3.05) is 24.6 Å². The van der Waals surface area contributed by atoms with E-state index in [4.69, 9.17) is 11.6 Å². The topological polar surface area (TPSA) is 6.48 Å².